The first-order valence-corrected chi connectivity index (χ1v) is 7.67. The first kappa shape index (κ1) is 18.0. The molecule has 0 aliphatic rings. The van der Waals surface area contributed by atoms with Gasteiger partial charge in [-0.1, -0.05) is 32.9 Å². The highest BCUT2D eigenvalue weighted by atomic mass is 16.5. The van der Waals surface area contributed by atoms with Gasteiger partial charge in [0.2, 0.25) is 0 Å². The molecule has 4 nitrogen and oxygen atoms in total. The summed E-state index contributed by atoms with van der Waals surface area (Å²) in [6.07, 6.45) is 0.757. The van der Waals surface area contributed by atoms with Crippen LogP contribution in [0.3, 0.4) is 0 Å². The summed E-state index contributed by atoms with van der Waals surface area (Å²) in [5.41, 5.74) is 7.26. The molecule has 4 heteroatoms. The highest BCUT2D eigenvalue weighted by Crippen LogP contribution is 2.24. The van der Waals surface area contributed by atoms with Gasteiger partial charge in [-0.05, 0) is 30.0 Å². The third-order valence-corrected chi connectivity index (χ3v) is 3.28. The van der Waals surface area contributed by atoms with Crippen LogP contribution in [0.1, 0.15) is 38.9 Å². The van der Waals surface area contributed by atoms with Crippen LogP contribution in [0.25, 0.3) is 0 Å². The summed E-state index contributed by atoms with van der Waals surface area (Å²) in [6, 6.07) is 7.86. The minimum atomic E-state index is -0.108. The number of hydrogen-bond acceptors (Lipinski definition) is 4. The Morgan fingerprint density at radius 1 is 1.10 bits per heavy atom. The normalized spacial score (nSPS) is 14.2. The van der Waals surface area contributed by atoms with Gasteiger partial charge < -0.3 is 19.9 Å². The molecular weight excluding hydrogens is 266 g/mol. The van der Waals surface area contributed by atoms with Gasteiger partial charge in [0.1, 0.15) is 5.75 Å². The van der Waals surface area contributed by atoms with Gasteiger partial charge in [0.15, 0.2) is 0 Å². The van der Waals surface area contributed by atoms with Crippen LogP contribution in [-0.4, -0.2) is 33.0 Å². The van der Waals surface area contributed by atoms with Crippen molar-refractivity contribution in [3.63, 3.8) is 0 Å². The Morgan fingerprint density at radius 2 is 1.76 bits per heavy atom. The first-order chi connectivity index (χ1) is 10.1. The molecule has 2 unspecified atom stereocenters. The minimum Gasteiger partial charge on any atom is -0.497 e. The SMILES string of the molecule is CCC(N)C(OCCOCC(C)C)c1ccc(OC)cc1. The Hall–Kier alpha value is -1.10. The zero-order valence-corrected chi connectivity index (χ0v) is 13.7. The van der Waals surface area contributed by atoms with E-state index in [4.69, 9.17) is 19.9 Å². The van der Waals surface area contributed by atoms with Crippen LogP contribution in [0.2, 0.25) is 0 Å². The largest absolute Gasteiger partial charge is 0.497 e. The van der Waals surface area contributed by atoms with E-state index in [9.17, 15) is 0 Å². The van der Waals surface area contributed by atoms with Gasteiger partial charge >= 0.3 is 0 Å². The molecule has 0 saturated heterocycles. The number of nitrogens with two attached hydrogens (primary N) is 1. The average Bonchev–Trinajstić information content (AvgIpc) is 2.50. The summed E-state index contributed by atoms with van der Waals surface area (Å²) < 4.78 is 16.7. The van der Waals surface area contributed by atoms with Crippen LogP contribution in [0.5, 0.6) is 5.75 Å². The monoisotopic (exact) mass is 295 g/mol. The molecule has 0 bridgehead atoms. The quantitative estimate of drug-likeness (QED) is 0.674. The van der Waals surface area contributed by atoms with Crippen molar-refractivity contribution >= 4 is 0 Å². The predicted molar refractivity (Wildman–Crippen MR) is 85.6 cm³/mol. The van der Waals surface area contributed by atoms with Crippen LogP contribution in [0.4, 0.5) is 0 Å². The minimum absolute atomic E-state index is 0.0245. The van der Waals surface area contributed by atoms with Gasteiger partial charge in [-0.2, -0.15) is 0 Å². The van der Waals surface area contributed by atoms with Gasteiger partial charge in [-0.3, -0.25) is 0 Å². The van der Waals surface area contributed by atoms with E-state index in [1.807, 2.05) is 24.3 Å². The fourth-order valence-corrected chi connectivity index (χ4v) is 2.03. The highest BCUT2D eigenvalue weighted by Gasteiger charge is 2.19. The summed E-state index contributed by atoms with van der Waals surface area (Å²) in [7, 11) is 1.66. The van der Waals surface area contributed by atoms with E-state index in [2.05, 4.69) is 20.8 Å². The molecule has 21 heavy (non-hydrogen) atoms. The van der Waals surface area contributed by atoms with Gasteiger partial charge in [0.25, 0.3) is 0 Å². The van der Waals surface area contributed by atoms with Gasteiger partial charge in [-0.15, -0.1) is 0 Å². The molecule has 1 aromatic carbocycles. The van der Waals surface area contributed by atoms with Crippen LogP contribution < -0.4 is 10.5 Å². The summed E-state index contributed by atoms with van der Waals surface area (Å²) in [4.78, 5) is 0. The molecule has 2 atom stereocenters. The standard InChI is InChI=1S/C17H29NO3/c1-5-16(18)17(21-11-10-20-12-13(2)3)14-6-8-15(19-4)9-7-14/h6-9,13,16-17H,5,10-12,18H2,1-4H3. The molecular formula is C17H29NO3. The molecule has 1 rings (SSSR count). The lowest BCUT2D eigenvalue weighted by Gasteiger charge is -2.24. The third-order valence-electron chi connectivity index (χ3n) is 3.28. The van der Waals surface area contributed by atoms with E-state index >= 15 is 0 Å². The van der Waals surface area contributed by atoms with Crippen LogP contribution in [0, 0.1) is 5.92 Å². The molecule has 0 saturated carbocycles. The number of methoxy groups -OCH3 is 1. The maximum absolute atomic E-state index is 6.19. The topological polar surface area (TPSA) is 53.7 Å². The molecule has 0 heterocycles. The van der Waals surface area contributed by atoms with Crippen molar-refractivity contribution in [1.29, 1.82) is 0 Å². The van der Waals surface area contributed by atoms with Crippen molar-refractivity contribution in [3.05, 3.63) is 29.8 Å². The second-order valence-corrected chi connectivity index (χ2v) is 5.61. The Labute approximate surface area is 128 Å². The summed E-state index contributed by atoms with van der Waals surface area (Å²) in [6.45, 7) is 8.25. The molecule has 0 fully saturated rings. The van der Waals surface area contributed by atoms with E-state index in [0.29, 0.717) is 19.1 Å². The molecule has 0 aliphatic heterocycles. The van der Waals surface area contributed by atoms with Crippen molar-refractivity contribution < 1.29 is 14.2 Å². The van der Waals surface area contributed by atoms with E-state index in [1.165, 1.54) is 0 Å². The molecule has 120 valence electrons. The summed E-state index contributed by atoms with van der Waals surface area (Å²) >= 11 is 0. The Balaban J connectivity index is 2.54. The van der Waals surface area contributed by atoms with Crippen molar-refractivity contribution in [2.24, 2.45) is 11.7 Å². The lowest BCUT2D eigenvalue weighted by molar-refractivity contribution is -0.0123. The van der Waals surface area contributed by atoms with E-state index < -0.39 is 0 Å². The Bertz CT molecular complexity index is 378. The molecule has 0 radical (unpaired) electrons. The van der Waals surface area contributed by atoms with E-state index in [1.54, 1.807) is 7.11 Å². The molecule has 2 N–H and O–H groups in total. The van der Waals surface area contributed by atoms with Gasteiger partial charge in [0.05, 0.1) is 26.4 Å². The number of rotatable bonds is 10. The number of benzene rings is 1. The van der Waals surface area contributed by atoms with E-state index in [-0.39, 0.29) is 12.1 Å². The molecule has 0 spiro atoms. The third kappa shape index (κ3) is 6.46. The average molecular weight is 295 g/mol. The second-order valence-electron chi connectivity index (χ2n) is 5.61. The van der Waals surface area contributed by atoms with Crippen LogP contribution in [0.15, 0.2) is 24.3 Å². The molecule has 0 aliphatic carbocycles. The lowest BCUT2D eigenvalue weighted by atomic mass is 10.0. The maximum Gasteiger partial charge on any atom is 0.118 e. The molecule has 1 aromatic rings. The van der Waals surface area contributed by atoms with Crippen molar-refractivity contribution in [2.45, 2.75) is 39.3 Å². The molecule has 0 aromatic heterocycles. The van der Waals surface area contributed by atoms with Crippen molar-refractivity contribution in [1.82, 2.24) is 0 Å². The molecule has 0 amide bonds. The van der Waals surface area contributed by atoms with Gasteiger partial charge in [0, 0.05) is 12.6 Å². The van der Waals surface area contributed by atoms with E-state index in [0.717, 1.165) is 24.3 Å². The lowest BCUT2D eigenvalue weighted by Crippen LogP contribution is -2.30. The van der Waals surface area contributed by atoms with Crippen LogP contribution >= 0.6 is 0 Å². The Morgan fingerprint density at radius 3 is 2.29 bits per heavy atom. The van der Waals surface area contributed by atoms with Crippen molar-refractivity contribution in [2.75, 3.05) is 26.9 Å². The number of ether oxygens (including phenoxy) is 3. The first-order valence-electron chi connectivity index (χ1n) is 7.67. The number of hydrogen-bond donors (Lipinski definition) is 1. The Kier molecular flexibility index (Phi) is 8.35. The summed E-state index contributed by atoms with van der Waals surface area (Å²) in [5, 5.41) is 0. The predicted octanol–water partition coefficient (Wildman–Crippen LogP) is 3.16. The second kappa shape index (κ2) is 9.77. The smallest absolute Gasteiger partial charge is 0.118 e. The highest BCUT2D eigenvalue weighted by molar-refractivity contribution is 5.29. The summed E-state index contributed by atoms with van der Waals surface area (Å²) in [5.74, 6) is 1.38. The fraction of sp³-hybridized carbons (Fsp3) is 0.647. The fourth-order valence-electron chi connectivity index (χ4n) is 2.03. The van der Waals surface area contributed by atoms with Crippen LogP contribution in [-0.2, 0) is 9.47 Å². The van der Waals surface area contributed by atoms with Crippen molar-refractivity contribution in [3.8, 4) is 5.75 Å². The zero-order chi connectivity index (χ0) is 15.7. The maximum atomic E-state index is 6.19. The zero-order valence-electron chi connectivity index (χ0n) is 13.7. The van der Waals surface area contributed by atoms with Gasteiger partial charge in [-0.25, -0.2) is 0 Å².